The number of nitrogens with zero attached hydrogens (tertiary/aromatic N) is 2. The molecule has 0 bridgehead atoms. The first-order valence-corrected chi connectivity index (χ1v) is 7.65. The third-order valence-corrected chi connectivity index (χ3v) is 4.08. The summed E-state index contributed by atoms with van der Waals surface area (Å²) in [6, 6.07) is 4.03. The Labute approximate surface area is 134 Å². The predicted molar refractivity (Wildman–Crippen MR) is 86.4 cm³/mol. The van der Waals surface area contributed by atoms with Crippen molar-refractivity contribution in [1.29, 1.82) is 0 Å². The van der Waals surface area contributed by atoms with Crippen LogP contribution in [-0.2, 0) is 0 Å². The molecule has 0 unspecified atom stereocenters. The maximum Gasteiger partial charge on any atom is 0.273 e. The fraction of sp³-hybridized carbons (Fsp3) is 0.571. The fourth-order valence-electron chi connectivity index (χ4n) is 2.49. The van der Waals surface area contributed by atoms with Gasteiger partial charge in [-0.1, -0.05) is 6.92 Å². The SMILES string of the molecule is CCCN(C(=O)c1ncccc1Br)C1CCNCC1.Cl. The molecule has 1 aliphatic rings. The van der Waals surface area contributed by atoms with Crippen LogP contribution in [0.5, 0.6) is 0 Å². The molecule has 6 heteroatoms. The van der Waals surface area contributed by atoms with Gasteiger partial charge in [-0.2, -0.15) is 0 Å². The number of carbonyl (C=O) groups excluding carboxylic acids is 1. The lowest BCUT2D eigenvalue weighted by Crippen LogP contribution is -2.46. The molecule has 1 fully saturated rings. The molecule has 20 heavy (non-hydrogen) atoms. The minimum absolute atomic E-state index is 0. The average molecular weight is 363 g/mol. The van der Waals surface area contributed by atoms with Gasteiger partial charge in [0, 0.05) is 23.3 Å². The Bertz CT molecular complexity index is 438. The molecule has 1 aromatic rings. The zero-order valence-corrected chi connectivity index (χ0v) is 14.0. The van der Waals surface area contributed by atoms with Crippen molar-refractivity contribution in [2.75, 3.05) is 19.6 Å². The number of hydrogen-bond acceptors (Lipinski definition) is 3. The first kappa shape index (κ1) is 17.4. The smallest absolute Gasteiger partial charge is 0.273 e. The fourth-order valence-corrected chi connectivity index (χ4v) is 2.91. The van der Waals surface area contributed by atoms with Crippen molar-refractivity contribution in [1.82, 2.24) is 15.2 Å². The quantitative estimate of drug-likeness (QED) is 0.896. The summed E-state index contributed by atoms with van der Waals surface area (Å²) in [5.41, 5.74) is 0.523. The molecule has 1 amide bonds. The summed E-state index contributed by atoms with van der Waals surface area (Å²) < 4.78 is 0.773. The summed E-state index contributed by atoms with van der Waals surface area (Å²) >= 11 is 3.42. The van der Waals surface area contributed by atoms with Crippen LogP contribution >= 0.6 is 28.3 Å². The van der Waals surface area contributed by atoms with E-state index >= 15 is 0 Å². The summed E-state index contributed by atoms with van der Waals surface area (Å²) in [5.74, 6) is 0.0428. The second kappa shape index (κ2) is 8.60. The summed E-state index contributed by atoms with van der Waals surface area (Å²) in [6.45, 7) is 4.88. The van der Waals surface area contributed by atoms with Gasteiger partial charge in [-0.05, 0) is 60.4 Å². The number of halogens is 2. The monoisotopic (exact) mass is 361 g/mol. The standard InChI is InChI=1S/C14H20BrN3O.ClH/c1-2-10-18(11-5-8-16-9-6-11)14(19)13-12(15)4-3-7-17-13;/h3-4,7,11,16H,2,5-6,8-10H2,1H3;1H. The number of aromatic nitrogens is 1. The summed E-state index contributed by atoms with van der Waals surface area (Å²) in [5, 5.41) is 3.34. The lowest BCUT2D eigenvalue weighted by atomic mass is 10.0. The van der Waals surface area contributed by atoms with E-state index in [1.54, 1.807) is 6.20 Å². The van der Waals surface area contributed by atoms with E-state index in [-0.39, 0.29) is 18.3 Å². The summed E-state index contributed by atoms with van der Waals surface area (Å²) in [4.78, 5) is 18.9. The molecular weight excluding hydrogens is 342 g/mol. The van der Waals surface area contributed by atoms with E-state index in [9.17, 15) is 4.79 Å². The van der Waals surface area contributed by atoms with E-state index in [0.717, 1.165) is 43.4 Å². The van der Waals surface area contributed by atoms with Crippen LogP contribution in [0.2, 0.25) is 0 Å². The number of amides is 1. The van der Waals surface area contributed by atoms with Crippen molar-refractivity contribution < 1.29 is 4.79 Å². The maximum absolute atomic E-state index is 12.7. The van der Waals surface area contributed by atoms with E-state index in [1.807, 2.05) is 17.0 Å². The van der Waals surface area contributed by atoms with Crippen molar-refractivity contribution in [3.05, 3.63) is 28.5 Å². The van der Waals surface area contributed by atoms with Crippen molar-refractivity contribution in [2.24, 2.45) is 0 Å². The van der Waals surface area contributed by atoms with Gasteiger partial charge < -0.3 is 10.2 Å². The second-order valence-electron chi connectivity index (χ2n) is 4.81. The normalized spacial score (nSPS) is 15.5. The van der Waals surface area contributed by atoms with Gasteiger partial charge in [-0.25, -0.2) is 4.98 Å². The third kappa shape index (κ3) is 4.17. The number of piperidine rings is 1. The Balaban J connectivity index is 0.00000200. The highest BCUT2D eigenvalue weighted by Gasteiger charge is 2.27. The van der Waals surface area contributed by atoms with Crippen LogP contribution in [0.25, 0.3) is 0 Å². The number of nitrogens with one attached hydrogen (secondary N) is 1. The zero-order chi connectivity index (χ0) is 13.7. The summed E-state index contributed by atoms with van der Waals surface area (Å²) in [6.07, 6.45) is 4.69. The Kier molecular flexibility index (Phi) is 7.48. The topological polar surface area (TPSA) is 45.2 Å². The average Bonchev–Trinajstić information content (AvgIpc) is 2.45. The lowest BCUT2D eigenvalue weighted by Gasteiger charge is -2.34. The molecule has 1 saturated heterocycles. The Morgan fingerprint density at radius 3 is 2.80 bits per heavy atom. The molecule has 1 N–H and O–H groups in total. The minimum Gasteiger partial charge on any atom is -0.334 e. The molecule has 0 atom stereocenters. The Hall–Kier alpha value is -0.650. The molecule has 1 aliphatic heterocycles. The molecule has 0 saturated carbocycles. The molecule has 112 valence electrons. The maximum atomic E-state index is 12.7. The first-order valence-electron chi connectivity index (χ1n) is 6.86. The first-order chi connectivity index (χ1) is 9.24. The van der Waals surface area contributed by atoms with Gasteiger partial charge in [0.15, 0.2) is 0 Å². The number of pyridine rings is 1. The predicted octanol–water partition coefficient (Wildman–Crippen LogP) is 2.87. The molecule has 1 aromatic heterocycles. The summed E-state index contributed by atoms with van der Waals surface area (Å²) in [7, 11) is 0. The van der Waals surface area contributed by atoms with Gasteiger partial charge in [0.25, 0.3) is 5.91 Å². The van der Waals surface area contributed by atoms with Gasteiger partial charge in [0.2, 0.25) is 0 Å². The number of hydrogen-bond donors (Lipinski definition) is 1. The highest BCUT2D eigenvalue weighted by molar-refractivity contribution is 9.10. The van der Waals surface area contributed by atoms with Crippen molar-refractivity contribution in [3.8, 4) is 0 Å². The molecule has 2 rings (SSSR count). The third-order valence-electron chi connectivity index (χ3n) is 3.44. The highest BCUT2D eigenvalue weighted by Crippen LogP contribution is 2.20. The van der Waals surface area contributed by atoms with E-state index in [1.165, 1.54) is 0 Å². The van der Waals surface area contributed by atoms with Gasteiger partial charge in [-0.15, -0.1) is 12.4 Å². The molecule has 0 aromatic carbocycles. The van der Waals surface area contributed by atoms with Crippen molar-refractivity contribution in [3.63, 3.8) is 0 Å². The molecule has 4 nitrogen and oxygen atoms in total. The largest absolute Gasteiger partial charge is 0.334 e. The number of carbonyl (C=O) groups is 1. The Morgan fingerprint density at radius 1 is 1.50 bits per heavy atom. The van der Waals surface area contributed by atoms with Crippen molar-refractivity contribution >= 4 is 34.2 Å². The van der Waals surface area contributed by atoms with Gasteiger partial charge in [0.05, 0.1) is 0 Å². The number of rotatable bonds is 4. The second-order valence-corrected chi connectivity index (χ2v) is 5.67. The van der Waals surface area contributed by atoms with Crippen LogP contribution in [0, 0.1) is 0 Å². The van der Waals surface area contributed by atoms with E-state index in [2.05, 4.69) is 33.2 Å². The van der Waals surface area contributed by atoms with Crippen LogP contribution in [0.1, 0.15) is 36.7 Å². The zero-order valence-electron chi connectivity index (χ0n) is 11.6. The minimum atomic E-state index is 0. The van der Waals surface area contributed by atoms with Gasteiger partial charge >= 0.3 is 0 Å². The van der Waals surface area contributed by atoms with E-state index in [4.69, 9.17) is 0 Å². The lowest BCUT2D eigenvalue weighted by molar-refractivity contribution is 0.0635. The molecule has 0 radical (unpaired) electrons. The molecule has 0 aliphatic carbocycles. The molecule has 2 heterocycles. The Morgan fingerprint density at radius 2 is 2.20 bits per heavy atom. The van der Waals surface area contributed by atoms with Crippen LogP contribution in [-0.4, -0.2) is 41.5 Å². The van der Waals surface area contributed by atoms with Crippen LogP contribution in [0.15, 0.2) is 22.8 Å². The molecular formula is C14H21BrClN3O. The van der Waals surface area contributed by atoms with Crippen LogP contribution < -0.4 is 5.32 Å². The van der Waals surface area contributed by atoms with Gasteiger partial charge in [-0.3, -0.25) is 4.79 Å². The van der Waals surface area contributed by atoms with Gasteiger partial charge in [0.1, 0.15) is 5.69 Å². The molecule has 0 spiro atoms. The van der Waals surface area contributed by atoms with Crippen LogP contribution in [0.3, 0.4) is 0 Å². The van der Waals surface area contributed by atoms with Crippen molar-refractivity contribution in [2.45, 2.75) is 32.2 Å². The van der Waals surface area contributed by atoms with E-state index < -0.39 is 0 Å². The van der Waals surface area contributed by atoms with Crippen LogP contribution in [0.4, 0.5) is 0 Å². The van der Waals surface area contributed by atoms with E-state index in [0.29, 0.717) is 11.7 Å². The highest BCUT2D eigenvalue weighted by atomic mass is 79.9.